The van der Waals surface area contributed by atoms with Crippen LogP contribution in [-0.4, -0.2) is 0 Å². The van der Waals surface area contributed by atoms with Crippen LogP contribution in [0.15, 0.2) is 35.9 Å². The highest BCUT2D eigenvalue weighted by Crippen LogP contribution is 2.31. The second-order valence-electron chi connectivity index (χ2n) is 7.87. The molecule has 0 unspecified atom stereocenters. The smallest absolute Gasteiger partial charge is 0.0991 e. The summed E-state index contributed by atoms with van der Waals surface area (Å²) in [7, 11) is 0. The molecule has 1 aromatic rings. The zero-order chi connectivity index (χ0) is 19.9. The molecule has 0 amide bonds. The molecular weight excluding hydrogens is 316 g/mol. The van der Waals surface area contributed by atoms with E-state index in [9.17, 15) is 5.26 Å². The minimum atomic E-state index is 0.502. The van der Waals surface area contributed by atoms with Crippen molar-refractivity contribution in [2.24, 2.45) is 5.92 Å². The predicted molar refractivity (Wildman–Crippen MR) is 115 cm³/mol. The van der Waals surface area contributed by atoms with Gasteiger partial charge in [0.2, 0.25) is 0 Å². The first-order valence-corrected chi connectivity index (χ1v) is 9.46. The normalized spacial score (nSPS) is 11.4. The molecule has 0 spiro atoms. The monoisotopic (exact) mass is 350 g/mol. The van der Waals surface area contributed by atoms with Crippen molar-refractivity contribution in [1.82, 2.24) is 0 Å². The molecule has 0 fully saturated rings. The first-order chi connectivity index (χ1) is 12.2. The summed E-state index contributed by atoms with van der Waals surface area (Å²) in [5, 5.41) is 9.39. The molecule has 0 heterocycles. The van der Waals surface area contributed by atoms with Crippen LogP contribution in [0.2, 0.25) is 0 Å². The van der Waals surface area contributed by atoms with Crippen molar-refractivity contribution >= 4 is 11.3 Å². The van der Waals surface area contributed by atoms with Crippen LogP contribution >= 0.6 is 0 Å². The van der Waals surface area contributed by atoms with Crippen LogP contribution in [0, 0.1) is 24.2 Å². The predicted octanol–water partition coefficient (Wildman–Crippen LogP) is 6.55. The fraction of sp³-hybridized carbons (Fsp3) is 0.458. The number of nitriles is 1. The van der Waals surface area contributed by atoms with Crippen LogP contribution in [0.25, 0.3) is 5.57 Å². The zero-order valence-corrected chi connectivity index (χ0v) is 17.4. The van der Waals surface area contributed by atoms with Gasteiger partial charge < -0.3 is 5.73 Å². The number of rotatable bonds is 8. The molecule has 0 aliphatic carbocycles. The van der Waals surface area contributed by atoms with Gasteiger partial charge in [-0.25, -0.2) is 0 Å². The molecule has 2 heteroatoms. The van der Waals surface area contributed by atoms with Crippen molar-refractivity contribution in [3.8, 4) is 6.07 Å². The minimum Gasteiger partial charge on any atom is -0.398 e. The minimum absolute atomic E-state index is 0.502. The molecule has 2 nitrogen and oxygen atoms in total. The maximum Gasteiger partial charge on any atom is 0.0991 e. The third-order valence-electron chi connectivity index (χ3n) is 4.64. The van der Waals surface area contributed by atoms with Crippen LogP contribution in [-0.2, 0) is 12.8 Å². The zero-order valence-electron chi connectivity index (χ0n) is 17.4. The Morgan fingerprint density at radius 1 is 1.27 bits per heavy atom. The van der Waals surface area contributed by atoms with E-state index in [1.54, 1.807) is 0 Å². The largest absolute Gasteiger partial charge is 0.398 e. The number of benzene rings is 1. The van der Waals surface area contributed by atoms with Crippen LogP contribution in [0.4, 0.5) is 5.69 Å². The van der Waals surface area contributed by atoms with Crippen molar-refractivity contribution in [2.75, 3.05) is 5.73 Å². The molecule has 26 heavy (non-hydrogen) atoms. The van der Waals surface area contributed by atoms with Crippen molar-refractivity contribution in [1.29, 1.82) is 5.26 Å². The Hall–Kier alpha value is -2.27. The lowest BCUT2D eigenvalue weighted by molar-refractivity contribution is 0.646. The standard InChI is InChI=1S/C24H34N2/c1-16(2)9-8-10-18(5)11-12-22-20(7)24(19(6)15-25)21(13-17(3)4)14-23(22)26/h9,11,14,17H,6,8,10,12-13,26H2,1-5,7H3/b18-11+. The van der Waals surface area contributed by atoms with Gasteiger partial charge in [-0.2, -0.15) is 5.26 Å². The molecule has 1 rings (SSSR count). The summed E-state index contributed by atoms with van der Waals surface area (Å²) in [6.07, 6.45) is 8.37. The summed E-state index contributed by atoms with van der Waals surface area (Å²) in [4.78, 5) is 0. The van der Waals surface area contributed by atoms with E-state index >= 15 is 0 Å². The van der Waals surface area contributed by atoms with Crippen molar-refractivity contribution < 1.29 is 0 Å². The van der Waals surface area contributed by atoms with Crippen molar-refractivity contribution in [3.63, 3.8) is 0 Å². The van der Waals surface area contributed by atoms with Gasteiger partial charge in [-0.3, -0.25) is 0 Å². The molecule has 1 aromatic carbocycles. The average molecular weight is 351 g/mol. The van der Waals surface area contributed by atoms with E-state index in [1.165, 1.54) is 11.1 Å². The summed E-state index contributed by atoms with van der Waals surface area (Å²) in [5.41, 5.74) is 14.8. The van der Waals surface area contributed by atoms with Crippen LogP contribution in [0.5, 0.6) is 0 Å². The summed E-state index contributed by atoms with van der Waals surface area (Å²) in [6.45, 7) is 16.8. The van der Waals surface area contributed by atoms with E-state index in [2.05, 4.69) is 66.3 Å². The number of nitrogens with zero attached hydrogens (tertiary/aromatic N) is 1. The lowest BCUT2D eigenvalue weighted by atomic mass is 9.86. The van der Waals surface area contributed by atoms with E-state index in [-0.39, 0.29) is 0 Å². The van der Waals surface area contributed by atoms with Crippen LogP contribution < -0.4 is 5.73 Å². The van der Waals surface area contributed by atoms with Gasteiger partial charge in [0.05, 0.1) is 11.6 Å². The Bertz CT molecular complexity index is 751. The van der Waals surface area contributed by atoms with Gasteiger partial charge in [-0.15, -0.1) is 0 Å². The first-order valence-electron chi connectivity index (χ1n) is 9.46. The molecule has 0 aliphatic heterocycles. The number of allylic oxidation sites excluding steroid dienone is 5. The second-order valence-corrected chi connectivity index (χ2v) is 7.87. The molecule has 0 aliphatic rings. The Balaban J connectivity index is 3.18. The van der Waals surface area contributed by atoms with Crippen molar-refractivity contribution in [2.45, 2.75) is 67.2 Å². The number of nitrogen functional groups attached to an aromatic ring is 1. The third kappa shape index (κ3) is 6.23. The Morgan fingerprint density at radius 3 is 2.46 bits per heavy atom. The van der Waals surface area contributed by atoms with Gasteiger partial charge in [0, 0.05) is 5.69 Å². The second kappa shape index (κ2) is 10.0. The highest BCUT2D eigenvalue weighted by atomic mass is 14.6. The van der Waals surface area contributed by atoms with E-state index in [0.29, 0.717) is 11.5 Å². The maximum atomic E-state index is 9.39. The van der Waals surface area contributed by atoms with Gasteiger partial charge in [-0.1, -0.05) is 43.7 Å². The fourth-order valence-electron chi connectivity index (χ4n) is 3.27. The molecule has 2 N–H and O–H groups in total. The number of hydrogen-bond donors (Lipinski definition) is 1. The van der Waals surface area contributed by atoms with E-state index in [0.717, 1.165) is 53.6 Å². The molecule has 0 saturated carbocycles. The number of anilines is 1. The molecule has 0 aromatic heterocycles. The van der Waals surface area contributed by atoms with Crippen LogP contribution in [0.1, 0.15) is 69.7 Å². The average Bonchev–Trinajstić information content (AvgIpc) is 2.53. The topological polar surface area (TPSA) is 49.8 Å². The lowest BCUT2D eigenvalue weighted by Gasteiger charge is -2.19. The molecule has 0 saturated heterocycles. The molecular formula is C24H34N2. The molecule has 0 bridgehead atoms. The molecule has 140 valence electrons. The van der Waals surface area contributed by atoms with Gasteiger partial charge in [-0.05, 0) is 87.6 Å². The van der Waals surface area contributed by atoms with Crippen LogP contribution in [0.3, 0.4) is 0 Å². The molecule has 0 atom stereocenters. The quantitative estimate of drug-likeness (QED) is 0.328. The Labute approximate surface area is 160 Å². The third-order valence-corrected chi connectivity index (χ3v) is 4.64. The highest BCUT2D eigenvalue weighted by molar-refractivity contribution is 5.81. The summed E-state index contributed by atoms with van der Waals surface area (Å²) >= 11 is 0. The Morgan fingerprint density at radius 2 is 1.92 bits per heavy atom. The number of hydrogen-bond acceptors (Lipinski definition) is 2. The SMILES string of the molecule is C=C(C#N)c1c(CC(C)C)cc(N)c(C/C=C(\C)CCC=C(C)C)c1C. The van der Waals surface area contributed by atoms with E-state index < -0.39 is 0 Å². The van der Waals surface area contributed by atoms with Gasteiger partial charge in [0.1, 0.15) is 0 Å². The van der Waals surface area contributed by atoms with Gasteiger partial charge >= 0.3 is 0 Å². The molecule has 0 radical (unpaired) electrons. The fourth-order valence-corrected chi connectivity index (χ4v) is 3.27. The summed E-state index contributed by atoms with van der Waals surface area (Å²) in [5.74, 6) is 0.502. The van der Waals surface area contributed by atoms with Gasteiger partial charge in [0.15, 0.2) is 0 Å². The summed E-state index contributed by atoms with van der Waals surface area (Å²) < 4.78 is 0. The Kier molecular flexibility index (Phi) is 8.39. The van der Waals surface area contributed by atoms with E-state index in [1.807, 2.05) is 6.07 Å². The van der Waals surface area contributed by atoms with E-state index in [4.69, 9.17) is 5.73 Å². The highest BCUT2D eigenvalue weighted by Gasteiger charge is 2.16. The van der Waals surface area contributed by atoms with Crippen molar-refractivity contribution in [3.05, 3.63) is 58.2 Å². The number of nitrogens with two attached hydrogens (primary N) is 1. The summed E-state index contributed by atoms with van der Waals surface area (Å²) in [6, 6.07) is 4.28. The lowest BCUT2D eigenvalue weighted by Crippen LogP contribution is -2.07. The first kappa shape index (κ1) is 21.8. The maximum absolute atomic E-state index is 9.39. The van der Waals surface area contributed by atoms with Gasteiger partial charge in [0.25, 0.3) is 0 Å².